The van der Waals surface area contributed by atoms with Crippen LogP contribution < -0.4 is 0 Å². The maximum Gasteiger partial charge on any atom is 0.310 e. The first-order valence-electron chi connectivity index (χ1n) is 6.36. The summed E-state index contributed by atoms with van der Waals surface area (Å²) in [6.07, 6.45) is 1.19. The summed E-state index contributed by atoms with van der Waals surface area (Å²) < 4.78 is 5.28. The van der Waals surface area contributed by atoms with Gasteiger partial charge < -0.3 is 4.74 Å². The second-order valence-electron chi connectivity index (χ2n) is 4.57. The van der Waals surface area contributed by atoms with Crippen LogP contribution in [-0.4, -0.2) is 12.1 Å². The number of carbonyl (C=O) groups excluding carboxylic acids is 1. The van der Waals surface area contributed by atoms with Crippen molar-refractivity contribution in [3.8, 4) is 0 Å². The van der Waals surface area contributed by atoms with Crippen LogP contribution in [0.2, 0.25) is 0 Å². The van der Waals surface area contributed by atoms with Crippen LogP contribution >= 0.6 is 0 Å². The lowest BCUT2D eigenvalue weighted by Gasteiger charge is -2.10. The van der Waals surface area contributed by atoms with E-state index in [-0.39, 0.29) is 12.1 Å². The Bertz CT molecular complexity index is 546. The van der Waals surface area contributed by atoms with Gasteiger partial charge in [0.05, 0.1) is 12.5 Å². The van der Waals surface area contributed by atoms with E-state index >= 15 is 0 Å². The average Bonchev–Trinajstić information content (AvgIpc) is 2.38. The van der Waals surface area contributed by atoms with Crippen molar-refractivity contribution < 1.29 is 9.53 Å². The largest absolute Gasteiger partial charge is 0.462 e. The van der Waals surface area contributed by atoms with Gasteiger partial charge in [-0.3, -0.25) is 4.79 Å². The molecule has 0 N–H and O–H groups in total. The minimum atomic E-state index is -0.153. The van der Waals surface area contributed by atoms with Gasteiger partial charge in [-0.05, 0) is 29.7 Å². The monoisotopic (exact) mass is 242 g/mol. The molecule has 94 valence electrons. The number of ether oxygens (including phenoxy) is 1. The molecular formula is C16H18O2. The summed E-state index contributed by atoms with van der Waals surface area (Å²) in [6.45, 7) is 3.92. The van der Waals surface area contributed by atoms with Crippen LogP contribution in [0, 0.1) is 0 Å². The minimum Gasteiger partial charge on any atom is -0.462 e. The summed E-state index contributed by atoms with van der Waals surface area (Å²) in [6, 6.07) is 14.2. The van der Waals surface area contributed by atoms with Gasteiger partial charge in [-0.25, -0.2) is 0 Å². The molecule has 0 aromatic heterocycles. The number of carbonyl (C=O) groups is 1. The smallest absolute Gasteiger partial charge is 0.310 e. The van der Waals surface area contributed by atoms with Crippen LogP contribution in [0.1, 0.15) is 25.8 Å². The number of fused-ring (bicyclic) bond motifs is 1. The van der Waals surface area contributed by atoms with Crippen LogP contribution in [0.4, 0.5) is 0 Å². The number of benzene rings is 2. The summed E-state index contributed by atoms with van der Waals surface area (Å²) >= 11 is 0. The summed E-state index contributed by atoms with van der Waals surface area (Å²) in [4.78, 5) is 11.7. The lowest BCUT2D eigenvalue weighted by molar-refractivity contribution is -0.147. The molecule has 0 aliphatic heterocycles. The zero-order valence-corrected chi connectivity index (χ0v) is 10.8. The van der Waals surface area contributed by atoms with E-state index in [0.717, 1.165) is 17.4 Å². The predicted octanol–water partition coefficient (Wildman–Crippen LogP) is 3.72. The van der Waals surface area contributed by atoms with Crippen molar-refractivity contribution in [3.63, 3.8) is 0 Å². The average molecular weight is 242 g/mol. The highest BCUT2D eigenvalue weighted by molar-refractivity contribution is 5.84. The molecule has 1 unspecified atom stereocenters. The molecular weight excluding hydrogens is 224 g/mol. The Morgan fingerprint density at radius 3 is 2.61 bits per heavy atom. The highest BCUT2D eigenvalue weighted by Crippen LogP contribution is 2.16. The highest BCUT2D eigenvalue weighted by atomic mass is 16.5. The zero-order chi connectivity index (χ0) is 13.0. The Balaban J connectivity index is 2.10. The second-order valence-corrected chi connectivity index (χ2v) is 4.57. The van der Waals surface area contributed by atoms with Gasteiger partial charge in [0.25, 0.3) is 0 Å². The Morgan fingerprint density at radius 2 is 1.89 bits per heavy atom. The van der Waals surface area contributed by atoms with E-state index in [9.17, 15) is 4.79 Å². The second kappa shape index (κ2) is 5.67. The maximum absolute atomic E-state index is 11.7. The SMILES string of the molecule is CCC(C)OC(=O)Cc1ccc2ccccc2c1. The molecule has 0 fully saturated rings. The third-order valence-corrected chi connectivity index (χ3v) is 3.07. The first kappa shape index (κ1) is 12.6. The molecule has 2 aromatic rings. The molecule has 2 heteroatoms. The van der Waals surface area contributed by atoms with Gasteiger partial charge in [0.1, 0.15) is 0 Å². The standard InChI is InChI=1S/C16H18O2/c1-3-12(2)18-16(17)11-13-8-9-14-6-4-5-7-15(14)10-13/h4-10,12H,3,11H2,1-2H3. The van der Waals surface area contributed by atoms with Crippen molar-refractivity contribution in [2.24, 2.45) is 0 Å². The lowest BCUT2D eigenvalue weighted by Crippen LogP contribution is -2.15. The maximum atomic E-state index is 11.7. The summed E-state index contributed by atoms with van der Waals surface area (Å²) in [5, 5.41) is 2.35. The van der Waals surface area contributed by atoms with Gasteiger partial charge in [0, 0.05) is 0 Å². The van der Waals surface area contributed by atoms with Crippen LogP contribution in [-0.2, 0) is 16.0 Å². The molecule has 0 aliphatic rings. The molecule has 0 bridgehead atoms. The molecule has 0 saturated carbocycles. The van der Waals surface area contributed by atoms with Crippen molar-refractivity contribution in [2.45, 2.75) is 32.8 Å². The van der Waals surface area contributed by atoms with Crippen molar-refractivity contribution in [1.29, 1.82) is 0 Å². The fourth-order valence-electron chi connectivity index (χ4n) is 1.86. The van der Waals surface area contributed by atoms with Gasteiger partial charge in [0.2, 0.25) is 0 Å². The van der Waals surface area contributed by atoms with Crippen molar-refractivity contribution in [2.75, 3.05) is 0 Å². The molecule has 1 atom stereocenters. The summed E-state index contributed by atoms with van der Waals surface area (Å²) in [5.41, 5.74) is 1.00. The van der Waals surface area contributed by atoms with Gasteiger partial charge in [0.15, 0.2) is 0 Å². The third kappa shape index (κ3) is 3.10. The zero-order valence-electron chi connectivity index (χ0n) is 10.8. The van der Waals surface area contributed by atoms with E-state index in [1.54, 1.807) is 0 Å². The fourth-order valence-corrected chi connectivity index (χ4v) is 1.86. The summed E-state index contributed by atoms with van der Waals surface area (Å²) in [7, 11) is 0. The number of rotatable bonds is 4. The van der Waals surface area contributed by atoms with Gasteiger partial charge >= 0.3 is 5.97 Å². The Morgan fingerprint density at radius 1 is 1.17 bits per heavy atom. The van der Waals surface area contributed by atoms with Crippen LogP contribution in [0.5, 0.6) is 0 Å². The van der Waals surface area contributed by atoms with E-state index in [0.29, 0.717) is 6.42 Å². The Kier molecular flexibility index (Phi) is 3.98. The lowest BCUT2D eigenvalue weighted by atomic mass is 10.1. The van der Waals surface area contributed by atoms with E-state index in [4.69, 9.17) is 4.74 Å². The minimum absolute atomic E-state index is 0.00189. The number of esters is 1. The molecule has 0 heterocycles. The Labute approximate surface area is 108 Å². The van der Waals surface area contributed by atoms with E-state index in [2.05, 4.69) is 12.1 Å². The molecule has 0 aliphatic carbocycles. The molecule has 0 spiro atoms. The first-order valence-corrected chi connectivity index (χ1v) is 6.36. The quantitative estimate of drug-likeness (QED) is 0.764. The Hall–Kier alpha value is -1.83. The molecule has 0 amide bonds. The topological polar surface area (TPSA) is 26.3 Å². The third-order valence-electron chi connectivity index (χ3n) is 3.07. The van der Waals surface area contributed by atoms with Crippen molar-refractivity contribution >= 4 is 16.7 Å². The van der Waals surface area contributed by atoms with Gasteiger partial charge in [-0.2, -0.15) is 0 Å². The van der Waals surface area contributed by atoms with Crippen molar-refractivity contribution in [3.05, 3.63) is 48.0 Å². The van der Waals surface area contributed by atoms with E-state index in [1.807, 2.05) is 44.2 Å². The van der Waals surface area contributed by atoms with E-state index < -0.39 is 0 Å². The molecule has 0 saturated heterocycles. The van der Waals surface area contributed by atoms with E-state index in [1.165, 1.54) is 5.39 Å². The molecule has 0 radical (unpaired) electrons. The van der Waals surface area contributed by atoms with Crippen molar-refractivity contribution in [1.82, 2.24) is 0 Å². The highest BCUT2D eigenvalue weighted by Gasteiger charge is 2.08. The van der Waals surface area contributed by atoms with Gasteiger partial charge in [-0.1, -0.05) is 49.4 Å². The normalized spacial score (nSPS) is 12.3. The molecule has 2 aromatic carbocycles. The van der Waals surface area contributed by atoms with Crippen LogP contribution in [0.15, 0.2) is 42.5 Å². The van der Waals surface area contributed by atoms with Gasteiger partial charge in [-0.15, -0.1) is 0 Å². The predicted molar refractivity (Wildman–Crippen MR) is 73.5 cm³/mol. The summed E-state index contributed by atoms with van der Waals surface area (Å²) in [5.74, 6) is -0.153. The number of hydrogen-bond donors (Lipinski definition) is 0. The van der Waals surface area contributed by atoms with Crippen LogP contribution in [0.3, 0.4) is 0 Å². The fraction of sp³-hybridized carbons (Fsp3) is 0.312. The molecule has 2 nitrogen and oxygen atoms in total. The number of hydrogen-bond acceptors (Lipinski definition) is 2. The molecule has 18 heavy (non-hydrogen) atoms. The first-order chi connectivity index (χ1) is 8.69. The molecule has 2 rings (SSSR count). The van der Waals surface area contributed by atoms with Crippen LogP contribution in [0.25, 0.3) is 10.8 Å².